The molecule has 1 atom stereocenters. The van der Waals surface area contributed by atoms with E-state index in [1.54, 1.807) is 0 Å². The number of benzene rings is 2. The molecule has 12 heteroatoms. The van der Waals surface area contributed by atoms with E-state index in [9.17, 15) is 31.9 Å². The maximum atomic E-state index is 13.7. The van der Waals surface area contributed by atoms with E-state index in [-0.39, 0.29) is 28.4 Å². The number of Topliss-reactive ketones (excluding diaryl/α,β-unsaturated/α-hetero) is 1. The molecule has 3 aromatic rings. The van der Waals surface area contributed by atoms with Crippen LogP contribution in [-0.2, 0) is 15.8 Å². The van der Waals surface area contributed by atoms with E-state index in [2.05, 4.69) is 5.10 Å². The van der Waals surface area contributed by atoms with Crippen LogP contribution < -0.4 is 15.6 Å². The Kier molecular flexibility index (Phi) is 7.22. The van der Waals surface area contributed by atoms with Crippen molar-refractivity contribution in [2.24, 2.45) is 0 Å². The largest absolute Gasteiger partial charge is 0.478 e. The molecule has 0 aliphatic heterocycles. The molecule has 3 rings (SSSR count). The summed E-state index contributed by atoms with van der Waals surface area (Å²) in [5.41, 5.74) is 3.20. The van der Waals surface area contributed by atoms with E-state index in [4.69, 9.17) is 4.74 Å². The number of hydrazine groups is 1. The van der Waals surface area contributed by atoms with Crippen LogP contribution in [0.1, 0.15) is 34.2 Å². The minimum atomic E-state index is -4.57. The molecule has 0 saturated heterocycles. The van der Waals surface area contributed by atoms with Gasteiger partial charge in [0.15, 0.2) is 17.7 Å². The standard InChI is InChI=1S/C23H20F4N4O4/c1-12-19(13(2)31(30-12)16-8-6-7-15(11-16)23(25,26)27)20(32)22(34)29-28-21(33)14(3)35-18-10-5-4-9-17(18)24/h4-11,14H,1-3H3,(H,28,33)(H,29,34). The third-order valence-corrected chi connectivity index (χ3v) is 4.95. The number of hydrogen-bond acceptors (Lipinski definition) is 5. The van der Waals surface area contributed by atoms with Crippen LogP contribution in [0.25, 0.3) is 5.69 Å². The first-order valence-corrected chi connectivity index (χ1v) is 10.2. The lowest BCUT2D eigenvalue weighted by atomic mass is 10.1. The van der Waals surface area contributed by atoms with Gasteiger partial charge in [0.1, 0.15) is 0 Å². The number of rotatable bonds is 6. The summed E-state index contributed by atoms with van der Waals surface area (Å²) in [5.74, 6) is -4.00. The van der Waals surface area contributed by atoms with Crippen molar-refractivity contribution in [2.45, 2.75) is 33.1 Å². The molecule has 0 aliphatic rings. The van der Waals surface area contributed by atoms with Crippen molar-refractivity contribution in [1.82, 2.24) is 20.6 Å². The van der Waals surface area contributed by atoms with Crippen LogP contribution in [0.15, 0.2) is 48.5 Å². The average molecular weight is 492 g/mol. The van der Waals surface area contributed by atoms with Gasteiger partial charge in [0.2, 0.25) is 0 Å². The average Bonchev–Trinajstić information content (AvgIpc) is 3.11. The molecule has 2 amide bonds. The van der Waals surface area contributed by atoms with Gasteiger partial charge in [0, 0.05) is 0 Å². The Labute approximate surface area is 196 Å². The van der Waals surface area contributed by atoms with Gasteiger partial charge in [-0.05, 0) is 51.1 Å². The van der Waals surface area contributed by atoms with Gasteiger partial charge in [-0.25, -0.2) is 9.07 Å². The zero-order chi connectivity index (χ0) is 25.9. The number of carbonyl (C=O) groups is 3. The first-order chi connectivity index (χ1) is 16.4. The molecule has 2 N–H and O–H groups in total. The second-order valence-corrected chi connectivity index (χ2v) is 7.47. The van der Waals surface area contributed by atoms with Crippen molar-refractivity contribution >= 4 is 17.6 Å². The number of para-hydroxylation sites is 1. The molecule has 0 bridgehead atoms. The minimum absolute atomic E-state index is 0.0484. The number of carbonyl (C=O) groups excluding carboxylic acids is 3. The zero-order valence-corrected chi connectivity index (χ0v) is 18.7. The Bertz CT molecular complexity index is 1290. The van der Waals surface area contributed by atoms with Gasteiger partial charge in [-0.2, -0.15) is 18.3 Å². The third-order valence-electron chi connectivity index (χ3n) is 4.95. The second kappa shape index (κ2) is 9.95. The zero-order valence-electron chi connectivity index (χ0n) is 18.7. The van der Waals surface area contributed by atoms with Crippen LogP contribution >= 0.6 is 0 Å². The SMILES string of the molecule is Cc1nn(-c2cccc(C(F)(F)F)c2)c(C)c1C(=O)C(=O)NNC(=O)C(C)Oc1ccccc1F. The summed E-state index contributed by atoms with van der Waals surface area (Å²) >= 11 is 0. The second-order valence-electron chi connectivity index (χ2n) is 7.47. The fraction of sp³-hybridized carbons (Fsp3) is 0.217. The molecule has 0 aliphatic carbocycles. The normalized spacial score (nSPS) is 12.1. The van der Waals surface area contributed by atoms with E-state index >= 15 is 0 Å². The summed E-state index contributed by atoms with van der Waals surface area (Å²) < 4.78 is 59.1. The molecule has 35 heavy (non-hydrogen) atoms. The summed E-state index contributed by atoms with van der Waals surface area (Å²) in [6, 6.07) is 9.74. The topological polar surface area (TPSA) is 102 Å². The molecule has 0 saturated carbocycles. The molecular weight excluding hydrogens is 472 g/mol. The smallest absolute Gasteiger partial charge is 0.416 e. The monoisotopic (exact) mass is 492 g/mol. The molecule has 1 unspecified atom stereocenters. The highest BCUT2D eigenvalue weighted by Crippen LogP contribution is 2.31. The van der Waals surface area contributed by atoms with Gasteiger partial charge in [0.25, 0.3) is 11.7 Å². The number of ether oxygens (including phenoxy) is 1. The Morgan fingerprint density at radius 3 is 2.37 bits per heavy atom. The predicted molar refractivity (Wildman–Crippen MR) is 115 cm³/mol. The molecule has 0 fully saturated rings. The highest BCUT2D eigenvalue weighted by Gasteiger charge is 2.31. The van der Waals surface area contributed by atoms with E-state index in [1.165, 1.54) is 51.1 Å². The number of aryl methyl sites for hydroxylation is 1. The van der Waals surface area contributed by atoms with E-state index in [0.29, 0.717) is 0 Å². The minimum Gasteiger partial charge on any atom is -0.478 e. The van der Waals surface area contributed by atoms with Crippen LogP contribution in [-0.4, -0.2) is 33.5 Å². The Morgan fingerprint density at radius 2 is 1.71 bits per heavy atom. The van der Waals surface area contributed by atoms with Crippen molar-refractivity contribution < 1.29 is 36.7 Å². The van der Waals surface area contributed by atoms with Gasteiger partial charge in [-0.3, -0.25) is 25.2 Å². The lowest BCUT2D eigenvalue weighted by molar-refractivity contribution is -0.137. The fourth-order valence-electron chi connectivity index (χ4n) is 3.21. The molecule has 1 aromatic heterocycles. The van der Waals surface area contributed by atoms with Gasteiger partial charge >= 0.3 is 12.1 Å². The Hall–Kier alpha value is -4.22. The summed E-state index contributed by atoms with van der Waals surface area (Å²) in [5, 5.41) is 4.09. The molecule has 184 valence electrons. The van der Waals surface area contributed by atoms with Crippen LogP contribution in [0.4, 0.5) is 17.6 Å². The van der Waals surface area contributed by atoms with Crippen molar-refractivity contribution in [3.05, 3.63) is 76.9 Å². The number of nitrogens with zero attached hydrogens (tertiary/aromatic N) is 2. The van der Waals surface area contributed by atoms with Crippen molar-refractivity contribution in [3.63, 3.8) is 0 Å². The van der Waals surface area contributed by atoms with E-state index < -0.39 is 41.3 Å². The lowest BCUT2D eigenvalue weighted by Crippen LogP contribution is -2.49. The molecule has 8 nitrogen and oxygen atoms in total. The van der Waals surface area contributed by atoms with E-state index in [1.807, 2.05) is 10.9 Å². The summed E-state index contributed by atoms with van der Waals surface area (Å²) in [4.78, 5) is 37.2. The number of nitrogens with one attached hydrogen (secondary N) is 2. The van der Waals surface area contributed by atoms with Crippen molar-refractivity contribution in [1.29, 1.82) is 0 Å². The number of amides is 2. The van der Waals surface area contributed by atoms with Crippen LogP contribution in [0.3, 0.4) is 0 Å². The predicted octanol–water partition coefficient (Wildman–Crippen LogP) is 3.44. The van der Waals surface area contributed by atoms with Crippen molar-refractivity contribution in [2.75, 3.05) is 0 Å². The molecule has 1 heterocycles. The molecular formula is C23H20F4N4O4. The molecule has 2 aromatic carbocycles. The summed E-state index contributed by atoms with van der Waals surface area (Å²) in [6.07, 6.45) is -5.79. The maximum absolute atomic E-state index is 13.7. The van der Waals surface area contributed by atoms with Gasteiger partial charge in [0.05, 0.1) is 28.2 Å². The molecule has 0 radical (unpaired) electrons. The van der Waals surface area contributed by atoms with Crippen molar-refractivity contribution in [3.8, 4) is 11.4 Å². The van der Waals surface area contributed by atoms with Crippen LogP contribution in [0.5, 0.6) is 5.75 Å². The Morgan fingerprint density at radius 1 is 1.03 bits per heavy atom. The Balaban J connectivity index is 1.71. The number of ketones is 1. The number of alkyl halides is 3. The maximum Gasteiger partial charge on any atom is 0.416 e. The highest BCUT2D eigenvalue weighted by molar-refractivity contribution is 6.43. The molecule has 0 spiro atoms. The third kappa shape index (κ3) is 5.65. The van der Waals surface area contributed by atoms with Gasteiger partial charge in [-0.1, -0.05) is 18.2 Å². The number of halogens is 4. The quantitative estimate of drug-likeness (QED) is 0.238. The summed E-state index contributed by atoms with van der Waals surface area (Å²) in [7, 11) is 0. The van der Waals surface area contributed by atoms with Gasteiger partial charge < -0.3 is 4.74 Å². The number of aromatic nitrogens is 2. The first kappa shape index (κ1) is 25.4. The fourth-order valence-corrected chi connectivity index (χ4v) is 3.21. The van der Waals surface area contributed by atoms with Crippen LogP contribution in [0, 0.1) is 19.7 Å². The van der Waals surface area contributed by atoms with E-state index in [0.717, 1.165) is 22.9 Å². The van der Waals surface area contributed by atoms with Gasteiger partial charge in [-0.15, -0.1) is 0 Å². The first-order valence-electron chi connectivity index (χ1n) is 10.2. The lowest BCUT2D eigenvalue weighted by Gasteiger charge is -2.15. The summed E-state index contributed by atoms with van der Waals surface area (Å²) in [6.45, 7) is 4.15. The highest BCUT2D eigenvalue weighted by atomic mass is 19.4. The number of hydrogen-bond donors (Lipinski definition) is 2. The van der Waals surface area contributed by atoms with Crippen LogP contribution in [0.2, 0.25) is 0 Å².